The first-order valence-electron chi connectivity index (χ1n) is 7.31. The number of carbonyl (C=O) groups excluding carboxylic acids is 2. The molecule has 0 saturated heterocycles. The first-order valence-corrected chi connectivity index (χ1v) is 7.31. The molecule has 25 heavy (non-hydrogen) atoms. The van der Waals surface area contributed by atoms with Gasteiger partial charge in [0.25, 0.3) is 0 Å². The number of phenols is 1. The van der Waals surface area contributed by atoms with Gasteiger partial charge in [0.15, 0.2) is 5.78 Å². The predicted molar refractivity (Wildman–Crippen MR) is 89.9 cm³/mol. The molecular formula is C19H15NO5. The van der Waals surface area contributed by atoms with Crippen LogP contribution in [0.5, 0.6) is 11.5 Å². The number of hydrogen-bond donors (Lipinski definition) is 2. The molecule has 0 fully saturated rings. The van der Waals surface area contributed by atoms with E-state index in [0.717, 1.165) is 13.0 Å². The Hall–Kier alpha value is -3.59. The lowest BCUT2D eigenvalue weighted by molar-refractivity contribution is -0.132. The average molecular weight is 337 g/mol. The summed E-state index contributed by atoms with van der Waals surface area (Å²) in [6.45, 7) is 1.18. The number of aliphatic hydroxyl groups is 1. The zero-order valence-electron chi connectivity index (χ0n) is 13.4. The van der Waals surface area contributed by atoms with Crippen LogP contribution in [0, 0.1) is 11.3 Å². The van der Waals surface area contributed by atoms with Crippen LogP contribution in [0.15, 0.2) is 48.5 Å². The number of ether oxygens (including phenoxy) is 1. The van der Waals surface area contributed by atoms with Gasteiger partial charge in [-0.25, -0.2) is 0 Å². The van der Waals surface area contributed by atoms with Crippen LogP contribution < -0.4 is 4.74 Å². The molecule has 0 radical (unpaired) electrons. The van der Waals surface area contributed by atoms with Crippen molar-refractivity contribution in [2.45, 2.75) is 13.5 Å². The predicted octanol–water partition coefficient (Wildman–Crippen LogP) is 2.90. The monoisotopic (exact) mass is 337 g/mol. The molecule has 6 nitrogen and oxygen atoms in total. The fourth-order valence-corrected chi connectivity index (χ4v) is 2.04. The van der Waals surface area contributed by atoms with E-state index in [9.17, 15) is 19.8 Å². The summed E-state index contributed by atoms with van der Waals surface area (Å²) in [6.07, 6.45) is 0.784. The van der Waals surface area contributed by atoms with Gasteiger partial charge >= 0.3 is 0 Å². The number of rotatable bonds is 6. The number of hydrogen-bond acceptors (Lipinski definition) is 6. The van der Waals surface area contributed by atoms with Crippen molar-refractivity contribution in [3.05, 3.63) is 65.2 Å². The van der Waals surface area contributed by atoms with E-state index < -0.39 is 17.3 Å². The smallest absolute Gasteiger partial charge is 0.224 e. The van der Waals surface area contributed by atoms with Gasteiger partial charge in [0.1, 0.15) is 23.9 Å². The van der Waals surface area contributed by atoms with Crippen molar-refractivity contribution >= 4 is 17.3 Å². The number of phenolic OH excluding ortho intramolecular Hbond substituents is 1. The molecule has 0 unspecified atom stereocenters. The highest BCUT2D eigenvalue weighted by Crippen LogP contribution is 2.26. The number of ketones is 2. The van der Waals surface area contributed by atoms with Crippen molar-refractivity contribution in [3.63, 3.8) is 0 Å². The lowest BCUT2D eigenvalue weighted by Gasteiger charge is -2.10. The van der Waals surface area contributed by atoms with Crippen LogP contribution in [0.2, 0.25) is 0 Å². The van der Waals surface area contributed by atoms with Crippen molar-refractivity contribution < 1.29 is 24.5 Å². The standard InChI is InChI=1S/C19H15NO5/c1-12(21)18(23)9-19(24)15-6-16(22)8-17(7-15)25-11-14-5-3-2-4-13(14)10-20/h2-9,22,24H,11H2,1H3. The first-order chi connectivity index (χ1) is 11.9. The van der Waals surface area contributed by atoms with Crippen LogP contribution in [0.1, 0.15) is 23.6 Å². The zero-order chi connectivity index (χ0) is 18.4. The second-order valence-electron chi connectivity index (χ2n) is 5.22. The van der Waals surface area contributed by atoms with Crippen molar-refractivity contribution in [2.24, 2.45) is 0 Å². The summed E-state index contributed by atoms with van der Waals surface area (Å²) in [5.74, 6) is -1.98. The summed E-state index contributed by atoms with van der Waals surface area (Å²) in [5.41, 5.74) is 1.26. The number of allylic oxidation sites excluding steroid dienone is 1. The quantitative estimate of drug-likeness (QED) is 0.477. The number of Topliss-reactive ketones (excluding diaryl/α,β-unsaturated/α-hetero) is 1. The topological polar surface area (TPSA) is 108 Å². The Kier molecular flexibility index (Phi) is 5.54. The molecule has 0 aromatic heterocycles. The molecule has 2 aromatic carbocycles. The number of carbonyl (C=O) groups is 2. The molecule has 6 heteroatoms. The first kappa shape index (κ1) is 17.8. The summed E-state index contributed by atoms with van der Waals surface area (Å²) >= 11 is 0. The molecule has 2 aromatic rings. The third kappa shape index (κ3) is 4.69. The van der Waals surface area contributed by atoms with E-state index in [4.69, 9.17) is 10.00 Å². The number of nitrogens with zero attached hydrogens (tertiary/aromatic N) is 1. The second kappa shape index (κ2) is 7.79. The Bertz CT molecular complexity index is 893. The van der Waals surface area contributed by atoms with Crippen LogP contribution in [0.25, 0.3) is 5.76 Å². The van der Waals surface area contributed by atoms with E-state index in [1.165, 1.54) is 18.2 Å². The molecule has 0 atom stereocenters. The van der Waals surface area contributed by atoms with E-state index in [1.807, 2.05) is 0 Å². The molecule has 2 N–H and O–H groups in total. The Morgan fingerprint density at radius 1 is 1.24 bits per heavy atom. The molecule has 2 rings (SSSR count). The van der Waals surface area contributed by atoms with Gasteiger partial charge in [-0.3, -0.25) is 9.59 Å². The van der Waals surface area contributed by atoms with Gasteiger partial charge < -0.3 is 14.9 Å². The van der Waals surface area contributed by atoms with Gasteiger partial charge in [-0.05, 0) is 18.2 Å². The van der Waals surface area contributed by atoms with E-state index in [1.54, 1.807) is 24.3 Å². The van der Waals surface area contributed by atoms with Crippen LogP contribution >= 0.6 is 0 Å². The molecule has 0 aliphatic rings. The molecule has 0 aliphatic heterocycles. The van der Waals surface area contributed by atoms with Gasteiger partial charge in [-0.2, -0.15) is 5.26 Å². The SMILES string of the molecule is CC(=O)C(=O)C=C(O)c1cc(O)cc(OCc2ccccc2C#N)c1. The Balaban J connectivity index is 2.23. The number of aliphatic hydroxyl groups excluding tert-OH is 1. The summed E-state index contributed by atoms with van der Waals surface area (Å²) in [6, 6.07) is 12.9. The summed E-state index contributed by atoms with van der Waals surface area (Å²) in [4.78, 5) is 22.3. The highest BCUT2D eigenvalue weighted by Gasteiger charge is 2.10. The van der Waals surface area contributed by atoms with Crippen LogP contribution in [-0.4, -0.2) is 21.8 Å². The van der Waals surface area contributed by atoms with Gasteiger partial charge in [-0.1, -0.05) is 18.2 Å². The Morgan fingerprint density at radius 3 is 2.64 bits per heavy atom. The second-order valence-corrected chi connectivity index (χ2v) is 5.22. The normalized spacial score (nSPS) is 10.8. The minimum absolute atomic E-state index is 0.0868. The van der Waals surface area contributed by atoms with Crippen LogP contribution in [0.4, 0.5) is 0 Å². The highest BCUT2D eigenvalue weighted by atomic mass is 16.5. The van der Waals surface area contributed by atoms with Crippen molar-refractivity contribution in [1.29, 1.82) is 5.26 Å². The van der Waals surface area contributed by atoms with Crippen molar-refractivity contribution in [3.8, 4) is 17.6 Å². The van der Waals surface area contributed by atoms with Gasteiger partial charge in [0.2, 0.25) is 5.78 Å². The fraction of sp³-hybridized carbons (Fsp3) is 0.105. The van der Waals surface area contributed by atoms with Crippen LogP contribution in [0.3, 0.4) is 0 Å². The maximum atomic E-state index is 11.4. The zero-order valence-corrected chi connectivity index (χ0v) is 13.4. The molecule has 0 heterocycles. The third-order valence-corrected chi connectivity index (χ3v) is 3.33. The fourth-order valence-electron chi connectivity index (χ4n) is 2.04. The Morgan fingerprint density at radius 2 is 1.96 bits per heavy atom. The molecule has 0 amide bonds. The molecule has 126 valence electrons. The molecule has 0 spiro atoms. The largest absolute Gasteiger partial charge is 0.508 e. The Labute approximate surface area is 144 Å². The molecular weight excluding hydrogens is 322 g/mol. The van der Waals surface area contributed by atoms with E-state index in [2.05, 4.69) is 6.07 Å². The van der Waals surface area contributed by atoms with Gasteiger partial charge in [-0.15, -0.1) is 0 Å². The maximum absolute atomic E-state index is 11.4. The highest BCUT2D eigenvalue weighted by molar-refractivity contribution is 6.41. The minimum Gasteiger partial charge on any atom is -0.508 e. The number of nitriles is 1. The third-order valence-electron chi connectivity index (χ3n) is 3.33. The minimum atomic E-state index is -0.855. The van der Waals surface area contributed by atoms with Gasteiger partial charge in [0.05, 0.1) is 11.6 Å². The molecule has 0 bridgehead atoms. The van der Waals surface area contributed by atoms with Crippen molar-refractivity contribution in [2.75, 3.05) is 0 Å². The molecule has 0 aliphatic carbocycles. The van der Waals surface area contributed by atoms with E-state index in [0.29, 0.717) is 11.1 Å². The van der Waals surface area contributed by atoms with E-state index >= 15 is 0 Å². The van der Waals surface area contributed by atoms with E-state index in [-0.39, 0.29) is 23.7 Å². The lowest BCUT2D eigenvalue weighted by atomic mass is 10.1. The molecule has 0 saturated carbocycles. The van der Waals surface area contributed by atoms with Crippen LogP contribution in [-0.2, 0) is 16.2 Å². The average Bonchev–Trinajstić information content (AvgIpc) is 2.59. The maximum Gasteiger partial charge on any atom is 0.224 e. The summed E-state index contributed by atoms with van der Waals surface area (Å²) in [5, 5.41) is 28.8. The number of benzene rings is 2. The van der Waals surface area contributed by atoms with Gasteiger partial charge in [0, 0.05) is 30.2 Å². The lowest BCUT2D eigenvalue weighted by Crippen LogP contribution is -2.06. The number of aromatic hydroxyl groups is 1. The summed E-state index contributed by atoms with van der Waals surface area (Å²) < 4.78 is 5.56. The van der Waals surface area contributed by atoms with Crippen molar-refractivity contribution in [1.82, 2.24) is 0 Å². The summed E-state index contributed by atoms with van der Waals surface area (Å²) in [7, 11) is 0.